The molecule has 0 atom stereocenters. The highest BCUT2D eigenvalue weighted by molar-refractivity contribution is 5.78. The van der Waals surface area contributed by atoms with Gasteiger partial charge >= 0.3 is 0 Å². The van der Waals surface area contributed by atoms with Gasteiger partial charge in [-0.25, -0.2) is 4.39 Å². The van der Waals surface area contributed by atoms with Gasteiger partial charge in [-0.1, -0.05) is 17.3 Å². The van der Waals surface area contributed by atoms with Crippen LogP contribution in [0.15, 0.2) is 53.1 Å². The van der Waals surface area contributed by atoms with E-state index in [0.29, 0.717) is 22.7 Å². The number of carbonyl (C=O) groups excluding carboxylic acids is 1. The first-order valence-corrected chi connectivity index (χ1v) is 8.80. The Morgan fingerprint density at radius 2 is 1.85 bits per heavy atom. The largest absolute Gasteiger partial charge is 0.483 e. The molecule has 138 valence electrons. The molecule has 2 aromatic carbocycles. The number of benzene rings is 2. The van der Waals surface area contributed by atoms with Crippen LogP contribution in [0.1, 0.15) is 12.8 Å². The second-order valence-corrected chi connectivity index (χ2v) is 6.30. The lowest BCUT2D eigenvalue weighted by atomic mass is 10.2. The predicted octanol–water partition coefficient (Wildman–Crippen LogP) is 3.54. The molecule has 1 aromatic heterocycles. The number of ether oxygens (including phenoxy) is 1. The third kappa shape index (κ3) is 3.81. The molecule has 1 aliphatic rings. The highest BCUT2D eigenvalue weighted by atomic mass is 19.1. The number of likely N-dealkylation sites (tertiary alicyclic amines) is 1. The van der Waals surface area contributed by atoms with Crippen molar-refractivity contribution < 1.29 is 18.4 Å². The fraction of sp³-hybridized carbons (Fsp3) is 0.250. The molecular weight excluding hydrogens is 349 g/mol. The summed E-state index contributed by atoms with van der Waals surface area (Å²) in [6.07, 6.45) is 2.08. The Morgan fingerprint density at radius 3 is 2.63 bits per heavy atom. The average molecular weight is 367 g/mol. The standard InChI is InChI=1S/C20H18FN3O3/c21-15-9-7-14(8-10-15)20-22-19(23-27-20)16-5-1-2-6-17(16)26-13-18(25)24-11-3-4-12-24/h1-2,5-10H,3-4,11-13H2. The van der Waals surface area contributed by atoms with Gasteiger partial charge < -0.3 is 14.2 Å². The number of hydrogen-bond acceptors (Lipinski definition) is 5. The van der Waals surface area contributed by atoms with Gasteiger partial charge in [-0.05, 0) is 49.2 Å². The zero-order chi connectivity index (χ0) is 18.6. The van der Waals surface area contributed by atoms with Crippen LogP contribution in [0.3, 0.4) is 0 Å². The van der Waals surface area contributed by atoms with Crippen LogP contribution in [0.2, 0.25) is 0 Å². The van der Waals surface area contributed by atoms with Gasteiger partial charge in [0.2, 0.25) is 5.82 Å². The van der Waals surface area contributed by atoms with Gasteiger partial charge in [0.25, 0.3) is 11.8 Å². The predicted molar refractivity (Wildman–Crippen MR) is 96.4 cm³/mol. The van der Waals surface area contributed by atoms with Crippen LogP contribution in [-0.2, 0) is 4.79 Å². The summed E-state index contributed by atoms with van der Waals surface area (Å²) < 4.78 is 24.1. The summed E-state index contributed by atoms with van der Waals surface area (Å²) in [6, 6.07) is 13.0. The number of aromatic nitrogens is 2. The van der Waals surface area contributed by atoms with Gasteiger partial charge in [0.05, 0.1) is 5.56 Å². The van der Waals surface area contributed by atoms with E-state index < -0.39 is 0 Å². The second kappa shape index (κ2) is 7.57. The van der Waals surface area contributed by atoms with Crippen LogP contribution < -0.4 is 4.74 Å². The Kier molecular flexibility index (Phi) is 4.82. The Hall–Kier alpha value is -3.22. The molecule has 6 nitrogen and oxygen atoms in total. The van der Waals surface area contributed by atoms with Gasteiger partial charge in [0.15, 0.2) is 6.61 Å². The molecule has 7 heteroatoms. The number of amides is 1. The first kappa shape index (κ1) is 17.2. The van der Waals surface area contributed by atoms with Gasteiger partial charge in [-0.2, -0.15) is 4.98 Å². The average Bonchev–Trinajstić information content (AvgIpc) is 3.39. The first-order valence-electron chi connectivity index (χ1n) is 8.80. The third-order valence-corrected chi connectivity index (χ3v) is 4.46. The molecule has 0 saturated carbocycles. The molecule has 0 N–H and O–H groups in total. The van der Waals surface area contributed by atoms with Crippen LogP contribution in [0.25, 0.3) is 22.8 Å². The summed E-state index contributed by atoms with van der Waals surface area (Å²) >= 11 is 0. The molecule has 0 bridgehead atoms. The zero-order valence-corrected chi connectivity index (χ0v) is 14.6. The molecule has 4 rings (SSSR count). The smallest absolute Gasteiger partial charge is 0.260 e. The summed E-state index contributed by atoms with van der Waals surface area (Å²) in [5.41, 5.74) is 1.25. The Morgan fingerprint density at radius 1 is 1.11 bits per heavy atom. The number of carbonyl (C=O) groups is 1. The minimum absolute atomic E-state index is 0.0255. The maximum atomic E-state index is 13.1. The SMILES string of the molecule is O=C(COc1ccccc1-c1noc(-c2ccc(F)cc2)n1)N1CCCC1. The van der Waals surface area contributed by atoms with Crippen molar-refractivity contribution in [2.45, 2.75) is 12.8 Å². The maximum absolute atomic E-state index is 13.1. The van der Waals surface area contributed by atoms with Crippen LogP contribution in [0.5, 0.6) is 5.75 Å². The van der Waals surface area contributed by atoms with Crippen molar-refractivity contribution in [3.63, 3.8) is 0 Å². The van der Waals surface area contributed by atoms with Crippen LogP contribution in [0.4, 0.5) is 4.39 Å². The van der Waals surface area contributed by atoms with Crippen LogP contribution >= 0.6 is 0 Å². The van der Waals surface area contributed by atoms with E-state index in [4.69, 9.17) is 9.26 Å². The van der Waals surface area contributed by atoms with Crippen LogP contribution in [-0.4, -0.2) is 40.6 Å². The molecule has 0 unspecified atom stereocenters. The summed E-state index contributed by atoms with van der Waals surface area (Å²) in [4.78, 5) is 18.4. The monoisotopic (exact) mass is 367 g/mol. The molecule has 1 aliphatic heterocycles. The van der Waals surface area contributed by atoms with Crippen LogP contribution in [0, 0.1) is 5.82 Å². The molecular formula is C20H18FN3O3. The van der Waals surface area contributed by atoms with E-state index >= 15 is 0 Å². The van der Waals surface area contributed by atoms with Crippen molar-refractivity contribution in [3.8, 4) is 28.6 Å². The highest BCUT2D eigenvalue weighted by Crippen LogP contribution is 2.29. The Labute approximate surface area is 155 Å². The van der Waals surface area contributed by atoms with Crippen molar-refractivity contribution in [1.29, 1.82) is 0 Å². The molecule has 0 spiro atoms. The summed E-state index contributed by atoms with van der Waals surface area (Å²) in [5.74, 6) is 0.783. The van der Waals surface area contributed by atoms with E-state index in [1.54, 1.807) is 24.3 Å². The second-order valence-electron chi connectivity index (χ2n) is 6.30. The Bertz CT molecular complexity index is 934. The van der Waals surface area contributed by atoms with Gasteiger partial charge in [-0.15, -0.1) is 0 Å². The number of nitrogens with zero attached hydrogens (tertiary/aromatic N) is 3. The van der Waals surface area contributed by atoms with Crippen molar-refractivity contribution >= 4 is 5.91 Å². The van der Waals surface area contributed by atoms with E-state index in [1.807, 2.05) is 17.0 Å². The minimum atomic E-state index is -0.333. The van der Waals surface area contributed by atoms with Gasteiger partial charge in [-0.3, -0.25) is 4.79 Å². The van der Waals surface area contributed by atoms with Crippen molar-refractivity contribution in [1.82, 2.24) is 15.0 Å². The van der Waals surface area contributed by atoms with E-state index in [-0.39, 0.29) is 24.2 Å². The molecule has 1 amide bonds. The van der Waals surface area contributed by atoms with Gasteiger partial charge in [0, 0.05) is 18.7 Å². The lowest BCUT2D eigenvalue weighted by Crippen LogP contribution is -2.32. The fourth-order valence-corrected chi connectivity index (χ4v) is 3.02. The summed E-state index contributed by atoms with van der Waals surface area (Å²) in [6.45, 7) is 1.55. The molecule has 0 radical (unpaired) electrons. The van der Waals surface area contributed by atoms with Crippen molar-refractivity contribution in [2.75, 3.05) is 19.7 Å². The normalized spacial score (nSPS) is 13.7. The van der Waals surface area contributed by atoms with Crippen molar-refractivity contribution in [3.05, 3.63) is 54.3 Å². The van der Waals surface area contributed by atoms with E-state index in [2.05, 4.69) is 10.1 Å². The highest BCUT2D eigenvalue weighted by Gasteiger charge is 2.20. The van der Waals surface area contributed by atoms with E-state index in [9.17, 15) is 9.18 Å². The lowest BCUT2D eigenvalue weighted by molar-refractivity contribution is -0.132. The quantitative estimate of drug-likeness (QED) is 0.690. The number of para-hydroxylation sites is 1. The minimum Gasteiger partial charge on any atom is -0.483 e. The summed E-state index contributed by atoms with van der Waals surface area (Å²) in [7, 11) is 0. The number of hydrogen-bond donors (Lipinski definition) is 0. The number of halogens is 1. The molecule has 1 fully saturated rings. The maximum Gasteiger partial charge on any atom is 0.260 e. The topological polar surface area (TPSA) is 68.5 Å². The van der Waals surface area contributed by atoms with Gasteiger partial charge in [0.1, 0.15) is 11.6 Å². The Balaban J connectivity index is 1.52. The molecule has 2 heterocycles. The molecule has 27 heavy (non-hydrogen) atoms. The molecule has 3 aromatic rings. The van der Waals surface area contributed by atoms with E-state index in [0.717, 1.165) is 25.9 Å². The number of rotatable bonds is 5. The summed E-state index contributed by atoms with van der Waals surface area (Å²) in [5, 5.41) is 4.00. The lowest BCUT2D eigenvalue weighted by Gasteiger charge is -2.16. The van der Waals surface area contributed by atoms with Crippen molar-refractivity contribution in [2.24, 2.45) is 0 Å². The molecule has 1 saturated heterocycles. The third-order valence-electron chi connectivity index (χ3n) is 4.46. The van der Waals surface area contributed by atoms with E-state index in [1.165, 1.54) is 12.1 Å². The zero-order valence-electron chi connectivity index (χ0n) is 14.6. The fourth-order valence-electron chi connectivity index (χ4n) is 3.02. The molecule has 0 aliphatic carbocycles. The first-order chi connectivity index (χ1) is 13.2.